The Hall–Kier alpha value is -0.590. The first-order valence-electron chi connectivity index (χ1n) is 8.41. The zero-order chi connectivity index (χ0) is 15.0. The van der Waals surface area contributed by atoms with Gasteiger partial charge in [0.25, 0.3) is 0 Å². The van der Waals surface area contributed by atoms with Gasteiger partial charge in [0.15, 0.2) is 0 Å². The normalized spacial score (nSPS) is 18.2. The van der Waals surface area contributed by atoms with Crippen LogP contribution in [0.2, 0.25) is 0 Å². The van der Waals surface area contributed by atoms with Gasteiger partial charge in [-0.2, -0.15) is 5.26 Å². The van der Waals surface area contributed by atoms with Crippen molar-refractivity contribution in [2.45, 2.75) is 77.8 Å². The first kappa shape index (κ1) is 17.5. The molecule has 0 aromatic rings. The summed E-state index contributed by atoms with van der Waals surface area (Å²) < 4.78 is 0. The topological polar surface area (TPSA) is 39.1 Å². The SMILES string of the molecule is CCCNC(C)(C#N)CCCCN(CC1CC1)C(C)C. The van der Waals surface area contributed by atoms with E-state index in [-0.39, 0.29) is 5.54 Å². The molecule has 0 spiro atoms. The highest BCUT2D eigenvalue weighted by molar-refractivity contribution is 5.03. The van der Waals surface area contributed by atoms with E-state index in [1.54, 1.807) is 0 Å². The van der Waals surface area contributed by atoms with Gasteiger partial charge in [-0.15, -0.1) is 0 Å². The molecule has 0 amide bonds. The molecule has 0 aromatic heterocycles. The average Bonchev–Trinajstić information content (AvgIpc) is 3.23. The number of rotatable bonds is 11. The van der Waals surface area contributed by atoms with Gasteiger partial charge in [0.1, 0.15) is 5.54 Å². The maximum absolute atomic E-state index is 9.31. The van der Waals surface area contributed by atoms with Gasteiger partial charge in [-0.1, -0.05) is 6.92 Å². The molecule has 1 rings (SSSR count). The van der Waals surface area contributed by atoms with Crippen LogP contribution in [0.15, 0.2) is 0 Å². The molecule has 1 N–H and O–H groups in total. The maximum atomic E-state index is 9.31. The molecule has 0 aromatic carbocycles. The minimum Gasteiger partial charge on any atom is -0.301 e. The predicted octanol–water partition coefficient (Wildman–Crippen LogP) is 3.56. The fraction of sp³-hybridized carbons (Fsp3) is 0.941. The van der Waals surface area contributed by atoms with Gasteiger partial charge >= 0.3 is 0 Å². The standard InChI is InChI=1S/C17H33N3/c1-5-11-19-17(4,14-18)10-6-7-12-20(15(2)3)13-16-8-9-16/h15-16,19H,5-13H2,1-4H3. The molecule has 1 saturated carbocycles. The fourth-order valence-corrected chi connectivity index (χ4v) is 2.57. The number of unbranched alkanes of at least 4 members (excludes halogenated alkanes) is 1. The second-order valence-corrected chi connectivity index (χ2v) is 6.86. The highest BCUT2D eigenvalue weighted by Crippen LogP contribution is 2.30. The summed E-state index contributed by atoms with van der Waals surface area (Å²) in [6.07, 6.45) is 7.23. The van der Waals surface area contributed by atoms with Crippen LogP contribution in [0.3, 0.4) is 0 Å². The van der Waals surface area contributed by atoms with E-state index in [0.717, 1.165) is 31.7 Å². The van der Waals surface area contributed by atoms with Gasteiger partial charge in [0.2, 0.25) is 0 Å². The van der Waals surface area contributed by atoms with E-state index in [0.29, 0.717) is 6.04 Å². The third-order valence-electron chi connectivity index (χ3n) is 4.30. The van der Waals surface area contributed by atoms with Crippen molar-refractivity contribution in [1.82, 2.24) is 10.2 Å². The van der Waals surface area contributed by atoms with Crippen molar-refractivity contribution in [3.05, 3.63) is 0 Å². The third kappa shape index (κ3) is 6.72. The lowest BCUT2D eigenvalue weighted by Gasteiger charge is -2.27. The second kappa shape index (κ2) is 8.64. The fourth-order valence-electron chi connectivity index (χ4n) is 2.57. The molecule has 3 nitrogen and oxygen atoms in total. The summed E-state index contributed by atoms with van der Waals surface area (Å²) in [5.41, 5.74) is -0.338. The van der Waals surface area contributed by atoms with Crippen molar-refractivity contribution in [1.29, 1.82) is 5.26 Å². The van der Waals surface area contributed by atoms with Crippen molar-refractivity contribution in [3.8, 4) is 6.07 Å². The van der Waals surface area contributed by atoms with Crippen LogP contribution >= 0.6 is 0 Å². The van der Waals surface area contributed by atoms with Crippen LogP contribution < -0.4 is 5.32 Å². The van der Waals surface area contributed by atoms with Gasteiger partial charge in [-0.05, 0) is 78.3 Å². The van der Waals surface area contributed by atoms with E-state index < -0.39 is 0 Å². The van der Waals surface area contributed by atoms with E-state index >= 15 is 0 Å². The van der Waals surface area contributed by atoms with Crippen LogP contribution in [-0.4, -0.2) is 36.1 Å². The number of nitrogens with zero attached hydrogens (tertiary/aromatic N) is 2. The Morgan fingerprint density at radius 1 is 1.35 bits per heavy atom. The van der Waals surface area contributed by atoms with Crippen molar-refractivity contribution in [2.24, 2.45) is 5.92 Å². The Morgan fingerprint density at radius 3 is 2.55 bits per heavy atom. The van der Waals surface area contributed by atoms with Gasteiger partial charge in [0, 0.05) is 12.6 Å². The van der Waals surface area contributed by atoms with Gasteiger partial charge < -0.3 is 4.90 Å². The molecule has 0 heterocycles. The zero-order valence-electron chi connectivity index (χ0n) is 13.9. The summed E-state index contributed by atoms with van der Waals surface area (Å²) in [7, 11) is 0. The van der Waals surface area contributed by atoms with Gasteiger partial charge in [-0.3, -0.25) is 5.32 Å². The molecule has 1 unspecified atom stereocenters. The summed E-state index contributed by atoms with van der Waals surface area (Å²) in [4.78, 5) is 2.61. The molecule has 0 radical (unpaired) electrons. The lowest BCUT2D eigenvalue weighted by molar-refractivity contribution is 0.206. The molecule has 0 saturated heterocycles. The average molecular weight is 279 g/mol. The van der Waals surface area contributed by atoms with Gasteiger partial charge in [0.05, 0.1) is 6.07 Å². The van der Waals surface area contributed by atoms with Crippen molar-refractivity contribution in [3.63, 3.8) is 0 Å². The smallest absolute Gasteiger partial charge is 0.103 e. The van der Waals surface area contributed by atoms with Gasteiger partial charge in [-0.25, -0.2) is 0 Å². The Labute approximate surface area is 125 Å². The quantitative estimate of drug-likeness (QED) is 0.588. The molecule has 1 aliphatic carbocycles. The molecule has 20 heavy (non-hydrogen) atoms. The Bertz CT molecular complexity index is 304. The minimum atomic E-state index is -0.338. The molecule has 3 heteroatoms. The molecule has 116 valence electrons. The van der Waals surface area contributed by atoms with E-state index in [4.69, 9.17) is 0 Å². The zero-order valence-corrected chi connectivity index (χ0v) is 13.9. The van der Waals surface area contributed by atoms with E-state index in [9.17, 15) is 5.26 Å². The van der Waals surface area contributed by atoms with Crippen molar-refractivity contribution < 1.29 is 0 Å². The number of nitrogens with one attached hydrogen (secondary N) is 1. The van der Waals surface area contributed by atoms with Crippen LogP contribution in [0.5, 0.6) is 0 Å². The predicted molar refractivity (Wildman–Crippen MR) is 85.6 cm³/mol. The van der Waals surface area contributed by atoms with Crippen LogP contribution in [0.1, 0.15) is 66.2 Å². The van der Waals surface area contributed by atoms with E-state index in [2.05, 4.69) is 37.1 Å². The summed E-state index contributed by atoms with van der Waals surface area (Å²) in [5, 5.41) is 12.7. The molecule has 1 atom stereocenters. The van der Waals surface area contributed by atoms with Crippen LogP contribution in [0, 0.1) is 17.2 Å². The maximum Gasteiger partial charge on any atom is 0.103 e. The Kier molecular flexibility index (Phi) is 7.55. The largest absolute Gasteiger partial charge is 0.301 e. The van der Waals surface area contributed by atoms with Crippen molar-refractivity contribution >= 4 is 0 Å². The number of nitriles is 1. The first-order chi connectivity index (χ1) is 9.50. The highest BCUT2D eigenvalue weighted by atomic mass is 15.1. The molecule has 1 fully saturated rings. The molecular formula is C17H33N3. The summed E-state index contributed by atoms with van der Waals surface area (Å²) in [5.74, 6) is 0.966. The second-order valence-electron chi connectivity index (χ2n) is 6.86. The molecule has 0 bridgehead atoms. The van der Waals surface area contributed by atoms with Crippen LogP contribution in [0.25, 0.3) is 0 Å². The highest BCUT2D eigenvalue weighted by Gasteiger charge is 2.26. The first-order valence-corrected chi connectivity index (χ1v) is 8.41. The minimum absolute atomic E-state index is 0.338. The summed E-state index contributed by atoms with van der Waals surface area (Å²) >= 11 is 0. The molecular weight excluding hydrogens is 246 g/mol. The lowest BCUT2D eigenvalue weighted by atomic mass is 9.96. The van der Waals surface area contributed by atoms with Crippen LogP contribution in [0.4, 0.5) is 0 Å². The molecule has 0 aliphatic heterocycles. The number of hydrogen-bond acceptors (Lipinski definition) is 3. The monoisotopic (exact) mass is 279 g/mol. The third-order valence-corrected chi connectivity index (χ3v) is 4.30. The Balaban J connectivity index is 2.22. The molecule has 1 aliphatic rings. The summed E-state index contributed by atoms with van der Waals surface area (Å²) in [6, 6.07) is 3.09. The van der Waals surface area contributed by atoms with E-state index in [1.165, 1.54) is 32.4 Å². The van der Waals surface area contributed by atoms with Crippen LogP contribution in [-0.2, 0) is 0 Å². The number of hydrogen-bond donors (Lipinski definition) is 1. The van der Waals surface area contributed by atoms with Crippen molar-refractivity contribution in [2.75, 3.05) is 19.6 Å². The summed E-state index contributed by atoms with van der Waals surface area (Å²) in [6.45, 7) is 12.2. The van der Waals surface area contributed by atoms with E-state index in [1.807, 2.05) is 6.92 Å². The Morgan fingerprint density at radius 2 is 2.05 bits per heavy atom. The lowest BCUT2D eigenvalue weighted by Crippen LogP contribution is -2.41.